The van der Waals surface area contributed by atoms with Crippen LogP contribution in [0.5, 0.6) is 0 Å². The fourth-order valence-corrected chi connectivity index (χ4v) is 3.23. The van der Waals surface area contributed by atoms with Crippen molar-refractivity contribution in [3.8, 4) is 11.3 Å². The van der Waals surface area contributed by atoms with E-state index < -0.39 is 6.10 Å². The van der Waals surface area contributed by atoms with Gasteiger partial charge in [0.25, 0.3) is 0 Å². The Kier molecular flexibility index (Phi) is 2.03. The van der Waals surface area contributed by atoms with Gasteiger partial charge in [0.05, 0.1) is 11.2 Å². The molecule has 4 rings (SSSR count). The van der Waals surface area contributed by atoms with Crippen molar-refractivity contribution in [2.24, 2.45) is 0 Å². The average molecular weight is 272 g/mol. The van der Waals surface area contributed by atoms with Gasteiger partial charge in [-0.15, -0.1) is 0 Å². The number of rotatable bonds is 0. The number of hydrogen-bond acceptors (Lipinski definition) is 2. The third-order valence-corrected chi connectivity index (χ3v) is 4.07. The van der Waals surface area contributed by atoms with Crippen LogP contribution in [0.4, 0.5) is 0 Å². The van der Waals surface area contributed by atoms with Crippen LogP contribution in [0.15, 0.2) is 42.5 Å². The molecule has 3 nitrogen and oxygen atoms in total. The van der Waals surface area contributed by atoms with Crippen molar-refractivity contribution in [3.05, 3.63) is 58.6 Å². The molecule has 0 saturated carbocycles. The SMILES string of the molecule is OC1c2c(Cl)cccc2-c2c1c1ccccc1n2O. The summed E-state index contributed by atoms with van der Waals surface area (Å²) in [4.78, 5) is 0. The molecule has 0 spiro atoms. The minimum absolute atomic E-state index is 0.519. The molecule has 0 saturated heterocycles. The van der Waals surface area contributed by atoms with Gasteiger partial charge in [-0.3, -0.25) is 0 Å². The predicted molar refractivity (Wildman–Crippen MR) is 73.6 cm³/mol. The van der Waals surface area contributed by atoms with Crippen LogP contribution in [-0.4, -0.2) is 15.0 Å². The van der Waals surface area contributed by atoms with Gasteiger partial charge in [0.15, 0.2) is 0 Å². The Labute approximate surface area is 114 Å². The lowest BCUT2D eigenvalue weighted by Crippen LogP contribution is -1.95. The summed E-state index contributed by atoms with van der Waals surface area (Å²) in [6.07, 6.45) is -0.794. The zero-order valence-electron chi connectivity index (χ0n) is 9.84. The predicted octanol–water partition coefficient (Wildman–Crippen LogP) is 3.59. The van der Waals surface area contributed by atoms with Gasteiger partial charge < -0.3 is 10.3 Å². The Balaban J connectivity index is 2.20. The van der Waals surface area contributed by atoms with Crippen molar-refractivity contribution in [2.75, 3.05) is 0 Å². The van der Waals surface area contributed by atoms with Crippen LogP contribution in [-0.2, 0) is 0 Å². The first kappa shape index (κ1) is 10.9. The van der Waals surface area contributed by atoms with E-state index in [0.29, 0.717) is 21.8 Å². The minimum Gasteiger partial charge on any atom is -0.428 e. The fraction of sp³-hybridized carbons (Fsp3) is 0.0667. The second kappa shape index (κ2) is 3.53. The topological polar surface area (TPSA) is 45.4 Å². The van der Waals surface area contributed by atoms with E-state index in [1.807, 2.05) is 36.4 Å². The molecule has 1 unspecified atom stereocenters. The number of fused-ring (bicyclic) bond motifs is 5. The van der Waals surface area contributed by atoms with Crippen LogP contribution in [0.3, 0.4) is 0 Å². The number of nitrogens with zero attached hydrogens (tertiary/aromatic N) is 1. The molecule has 2 aromatic carbocycles. The highest BCUT2D eigenvalue weighted by molar-refractivity contribution is 6.32. The van der Waals surface area contributed by atoms with Gasteiger partial charge in [0.2, 0.25) is 0 Å². The van der Waals surface area contributed by atoms with Gasteiger partial charge in [0.1, 0.15) is 6.10 Å². The minimum atomic E-state index is -0.794. The highest BCUT2D eigenvalue weighted by atomic mass is 35.5. The lowest BCUT2D eigenvalue weighted by atomic mass is 10.1. The molecule has 0 amide bonds. The van der Waals surface area contributed by atoms with E-state index in [-0.39, 0.29) is 0 Å². The van der Waals surface area contributed by atoms with Crippen LogP contribution in [0, 0.1) is 0 Å². The zero-order chi connectivity index (χ0) is 13.1. The van der Waals surface area contributed by atoms with Crippen LogP contribution in [0.25, 0.3) is 22.2 Å². The maximum Gasteiger partial charge on any atom is 0.109 e. The van der Waals surface area contributed by atoms with E-state index in [0.717, 1.165) is 21.2 Å². The summed E-state index contributed by atoms with van der Waals surface area (Å²) in [5.41, 5.74) is 3.50. The highest BCUT2D eigenvalue weighted by Gasteiger charge is 2.35. The molecular weight excluding hydrogens is 262 g/mol. The normalized spacial score (nSPS) is 16.6. The van der Waals surface area contributed by atoms with E-state index in [9.17, 15) is 10.3 Å². The standard InChI is InChI=1S/C15H10ClNO2/c16-10-6-3-5-9-12(10)15(18)13-8-4-1-2-7-11(8)17(19)14(9)13/h1-7,15,18-19H. The Morgan fingerprint density at radius 2 is 1.79 bits per heavy atom. The molecule has 1 aliphatic rings. The molecule has 1 heterocycles. The van der Waals surface area contributed by atoms with Gasteiger partial charge in [0, 0.05) is 27.1 Å². The molecule has 3 aromatic rings. The third kappa shape index (κ3) is 1.21. The summed E-state index contributed by atoms with van der Waals surface area (Å²) in [5, 5.41) is 22.2. The smallest absolute Gasteiger partial charge is 0.109 e. The number of aliphatic hydroxyl groups excluding tert-OH is 1. The number of hydrogen-bond donors (Lipinski definition) is 2. The Morgan fingerprint density at radius 3 is 2.63 bits per heavy atom. The first-order valence-corrected chi connectivity index (χ1v) is 6.37. The van der Waals surface area contributed by atoms with Crippen molar-refractivity contribution < 1.29 is 10.3 Å². The molecule has 1 atom stereocenters. The van der Waals surface area contributed by atoms with Crippen LogP contribution in [0.1, 0.15) is 17.2 Å². The summed E-state index contributed by atoms with van der Waals surface area (Å²) >= 11 is 6.16. The maximum absolute atomic E-state index is 10.5. The number of aliphatic hydroxyl groups is 1. The lowest BCUT2D eigenvalue weighted by Gasteiger charge is -2.08. The van der Waals surface area contributed by atoms with Gasteiger partial charge in [-0.05, 0) is 12.1 Å². The number of halogens is 1. The van der Waals surface area contributed by atoms with Gasteiger partial charge >= 0.3 is 0 Å². The van der Waals surface area contributed by atoms with Crippen molar-refractivity contribution >= 4 is 22.5 Å². The Bertz CT molecular complexity index is 822. The summed E-state index contributed by atoms with van der Waals surface area (Å²) in [6, 6.07) is 12.9. The largest absolute Gasteiger partial charge is 0.428 e. The summed E-state index contributed by atoms with van der Waals surface area (Å²) in [5.74, 6) is 0. The average Bonchev–Trinajstić information content (AvgIpc) is 2.88. The first-order chi connectivity index (χ1) is 9.20. The van der Waals surface area contributed by atoms with E-state index in [2.05, 4.69) is 0 Å². The quantitative estimate of drug-likeness (QED) is 0.614. The summed E-state index contributed by atoms with van der Waals surface area (Å²) in [7, 11) is 0. The Hall–Kier alpha value is -1.97. The second-order valence-corrected chi connectivity index (χ2v) is 5.10. The molecule has 0 aliphatic heterocycles. The second-order valence-electron chi connectivity index (χ2n) is 4.69. The Morgan fingerprint density at radius 1 is 1.00 bits per heavy atom. The van der Waals surface area contributed by atoms with Gasteiger partial charge in [-0.1, -0.05) is 41.9 Å². The van der Waals surface area contributed by atoms with Crippen molar-refractivity contribution in [3.63, 3.8) is 0 Å². The lowest BCUT2D eigenvalue weighted by molar-refractivity contribution is 0.202. The van der Waals surface area contributed by atoms with Crippen LogP contribution in [0.2, 0.25) is 5.02 Å². The molecule has 19 heavy (non-hydrogen) atoms. The number of benzene rings is 2. The molecular formula is C15H10ClNO2. The molecule has 0 radical (unpaired) electrons. The van der Waals surface area contributed by atoms with E-state index in [1.54, 1.807) is 6.07 Å². The van der Waals surface area contributed by atoms with Crippen molar-refractivity contribution in [2.45, 2.75) is 6.10 Å². The fourth-order valence-electron chi connectivity index (χ4n) is 2.95. The first-order valence-electron chi connectivity index (χ1n) is 5.99. The van der Waals surface area contributed by atoms with E-state index >= 15 is 0 Å². The van der Waals surface area contributed by atoms with E-state index in [4.69, 9.17) is 11.6 Å². The number of para-hydroxylation sites is 1. The molecule has 4 heteroatoms. The number of aromatic nitrogens is 1. The molecule has 1 aromatic heterocycles. The van der Waals surface area contributed by atoms with E-state index in [1.165, 1.54) is 0 Å². The molecule has 0 bridgehead atoms. The molecule has 1 aliphatic carbocycles. The van der Waals surface area contributed by atoms with Crippen LogP contribution >= 0.6 is 11.6 Å². The summed E-state index contributed by atoms with van der Waals surface area (Å²) < 4.78 is 1.13. The summed E-state index contributed by atoms with van der Waals surface area (Å²) in [6.45, 7) is 0. The van der Waals surface area contributed by atoms with Gasteiger partial charge in [-0.25, -0.2) is 0 Å². The highest BCUT2D eigenvalue weighted by Crippen LogP contribution is 2.49. The zero-order valence-corrected chi connectivity index (χ0v) is 10.6. The van der Waals surface area contributed by atoms with Crippen molar-refractivity contribution in [1.29, 1.82) is 0 Å². The van der Waals surface area contributed by atoms with Gasteiger partial charge in [-0.2, -0.15) is 4.73 Å². The maximum atomic E-state index is 10.5. The molecule has 0 fully saturated rings. The van der Waals surface area contributed by atoms with Crippen molar-refractivity contribution in [1.82, 2.24) is 4.73 Å². The molecule has 94 valence electrons. The monoisotopic (exact) mass is 271 g/mol. The van der Waals surface area contributed by atoms with Crippen LogP contribution < -0.4 is 0 Å². The third-order valence-electron chi connectivity index (χ3n) is 3.74. The molecule has 2 N–H and O–H groups in total.